The molecular weight excluding hydrogens is 1430 g/mol. The van der Waals surface area contributed by atoms with Crippen molar-refractivity contribution in [2.75, 3.05) is 39.6 Å². The van der Waals surface area contributed by atoms with Gasteiger partial charge >= 0.3 is 33.6 Å². The number of hydrogen-bond donors (Lipinski definition) is 4. The van der Waals surface area contributed by atoms with Crippen molar-refractivity contribution in [3.63, 3.8) is 0 Å². The topological polar surface area (TPSA) is 231 Å². The van der Waals surface area contributed by atoms with Crippen LogP contribution in [0.1, 0.15) is 303 Å². The smallest absolute Gasteiger partial charge is 0.463 e. The fourth-order valence-corrected chi connectivity index (χ4v) is 12.3. The summed E-state index contributed by atoms with van der Waals surface area (Å²) < 4.78 is 61.1. The Morgan fingerprint density at radius 3 is 0.748 bits per heavy atom. The van der Waals surface area contributed by atoms with Crippen LogP contribution in [0, 0.1) is 0 Å². The lowest BCUT2D eigenvalue weighted by Crippen LogP contribution is -2.29. The third-order valence-electron chi connectivity index (χ3n) is 17.0. The van der Waals surface area contributed by atoms with E-state index in [-0.39, 0.29) is 19.3 Å². The number of aliphatic hydroxyl groups is 2. The zero-order chi connectivity index (χ0) is 80.8. The lowest BCUT2D eigenvalue weighted by atomic mass is 10.0. The van der Waals surface area contributed by atoms with Gasteiger partial charge in [-0.1, -0.05) is 337 Å². The largest absolute Gasteiger partial charge is 0.472 e. The van der Waals surface area contributed by atoms with Crippen LogP contribution in [0.15, 0.2) is 207 Å². The third-order valence-corrected chi connectivity index (χ3v) is 18.9. The van der Waals surface area contributed by atoms with Gasteiger partial charge < -0.3 is 34.2 Å². The maximum absolute atomic E-state index is 13.0. The molecule has 0 aliphatic rings. The van der Waals surface area contributed by atoms with Crippen molar-refractivity contribution in [3.05, 3.63) is 207 Å². The molecule has 0 rings (SSSR count). The quantitative estimate of drug-likeness (QED) is 0.0146. The van der Waals surface area contributed by atoms with Gasteiger partial charge in [-0.2, -0.15) is 0 Å². The summed E-state index contributed by atoms with van der Waals surface area (Å²) in [5.41, 5.74) is 0. The minimum absolute atomic E-state index is 0.0329. The molecule has 5 unspecified atom stereocenters. The van der Waals surface area contributed by atoms with Crippen molar-refractivity contribution in [2.24, 2.45) is 0 Å². The van der Waals surface area contributed by atoms with Gasteiger partial charge in [0.25, 0.3) is 0 Å². The van der Waals surface area contributed by atoms with Crippen molar-refractivity contribution in [1.82, 2.24) is 0 Å². The number of rotatable bonds is 78. The Balaban J connectivity index is 4.57. The first-order chi connectivity index (χ1) is 54.2. The molecule has 0 fully saturated rings. The Bertz CT molecular complexity index is 2850. The average Bonchev–Trinajstić information content (AvgIpc) is 0.901. The van der Waals surface area contributed by atoms with E-state index in [1.807, 2.05) is 18.2 Å². The zero-order valence-electron chi connectivity index (χ0n) is 68.8. The fourth-order valence-electron chi connectivity index (χ4n) is 10.7. The molecule has 0 heterocycles. The van der Waals surface area contributed by atoms with Crippen LogP contribution in [0.25, 0.3) is 0 Å². The van der Waals surface area contributed by atoms with Crippen LogP contribution in [0.5, 0.6) is 0 Å². The van der Waals surface area contributed by atoms with Gasteiger partial charge in [0.15, 0.2) is 6.10 Å². The average molecular weight is 1590 g/mol. The van der Waals surface area contributed by atoms with E-state index in [0.29, 0.717) is 25.7 Å². The molecule has 0 aromatic rings. The summed E-state index contributed by atoms with van der Waals surface area (Å²) in [7, 11) is -9.84. The van der Waals surface area contributed by atoms with Gasteiger partial charge in [-0.15, -0.1) is 0 Å². The highest BCUT2D eigenvalue weighted by Gasteiger charge is 2.29. The van der Waals surface area contributed by atoms with Crippen LogP contribution < -0.4 is 0 Å². The number of carbonyl (C=O) groups excluding carboxylic acids is 3. The molecule has 0 amide bonds. The number of aliphatic hydroxyl groups excluding tert-OH is 2. The summed E-state index contributed by atoms with van der Waals surface area (Å²) in [4.78, 5) is 58.7. The van der Waals surface area contributed by atoms with E-state index >= 15 is 0 Å². The Kier molecular flexibility index (Phi) is 79.1. The van der Waals surface area contributed by atoms with Crippen molar-refractivity contribution in [1.29, 1.82) is 0 Å². The predicted octanol–water partition coefficient (Wildman–Crippen LogP) is 25.7. The third kappa shape index (κ3) is 84.9. The fraction of sp³-hybridized carbons (Fsp3) is 0.602. The molecule has 16 nitrogen and oxygen atoms in total. The number of hydrogen-bond acceptors (Lipinski definition) is 14. The Hall–Kier alpha value is -5.87. The number of carbonyl (C=O) groups is 3. The number of ether oxygens (including phenoxy) is 3. The van der Waals surface area contributed by atoms with E-state index in [1.54, 1.807) is 0 Å². The molecule has 0 saturated heterocycles. The minimum Gasteiger partial charge on any atom is -0.463 e. The Labute approximate surface area is 673 Å². The molecule has 18 heteroatoms. The number of esters is 3. The molecular formula is C93H150O16P2. The molecule has 0 saturated carbocycles. The Morgan fingerprint density at radius 2 is 0.468 bits per heavy atom. The zero-order valence-corrected chi connectivity index (χ0v) is 70.6. The molecule has 0 aromatic heterocycles. The van der Waals surface area contributed by atoms with Crippen molar-refractivity contribution in [2.45, 2.75) is 322 Å². The Morgan fingerprint density at radius 1 is 0.252 bits per heavy atom. The summed E-state index contributed by atoms with van der Waals surface area (Å²) in [5, 5.41) is 20.7. The highest BCUT2D eigenvalue weighted by Crippen LogP contribution is 2.45. The lowest BCUT2D eigenvalue weighted by molar-refractivity contribution is -0.161. The minimum atomic E-state index is -4.97. The molecule has 111 heavy (non-hydrogen) atoms. The van der Waals surface area contributed by atoms with Gasteiger partial charge in [0, 0.05) is 19.3 Å². The van der Waals surface area contributed by atoms with Crippen molar-refractivity contribution in [3.8, 4) is 0 Å². The molecule has 4 N–H and O–H groups in total. The second kappa shape index (κ2) is 83.6. The van der Waals surface area contributed by atoms with Crippen LogP contribution in [0.2, 0.25) is 0 Å². The first-order valence-corrected chi connectivity index (χ1v) is 45.4. The molecule has 0 aliphatic heterocycles. The van der Waals surface area contributed by atoms with Crippen LogP contribution in [-0.2, 0) is 55.8 Å². The molecule has 0 spiro atoms. The van der Waals surface area contributed by atoms with E-state index in [9.17, 15) is 43.5 Å². The summed E-state index contributed by atoms with van der Waals surface area (Å²) >= 11 is 0. The highest BCUT2D eigenvalue weighted by atomic mass is 31.2. The number of phosphoric ester groups is 2. The summed E-state index contributed by atoms with van der Waals surface area (Å²) in [6.45, 7) is 2.22. The van der Waals surface area contributed by atoms with Gasteiger partial charge in [-0.25, -0.2) is 9.13 Å². The lowest BCUT2D eigenvalue weighted by Gasteiger charge is -2.21. The van der Waals surface area contributed by atoms with Crippen molar-refractivity contribution < 1.29 is 75.8 Å². The first-order valence-electron chi connectivity index (χ1n) is 42.4. The van der Waals surface area contributed by atoms with E-state index < -0.39 is 91.5 Å². The van der Waals surface area contributed by atoms with Crippen LogP contribution >= 0.6 is 15.6 Å². The van der Waals surface area contributed by atoms with E-state index in [4.69, 9.17) is 32.3 Å². The van der Waals surface area contributed by atoms with Crippen LogP contribution in [-0.4, -0.2) is 95.9 Å². The molecule has 628 valence electrons. The molecule has 0 bridgehead atoms. The normalized spacial score (nSPS) is 14.9. The second-order valence-electron chi connectivity index (χ2n) is 27.5. The van der Waals surface area contributed by atoms with E-state index in [0.717, 1.165) is 154 Å². The van der Waals surface area contributed by atoms with E-state index in [2.05, 4.69) is 209 Å². The van der Waals surface area contributed by atoms with Gasteiger partial charge in [-0.3, -0.25) is 32.5 Å². The van der Waals surface area contributed by atoms with Gasteiger partial charge in [-0.05, 0) is 154 Å². The van der Waals surface area contributed by atoms with Gasteiger partial charge in [0.05, 0.1) is 26.4 Å². The van der Waals surface area contributed by atoms with Gasteiger partial charge in [0.1, 0.15) is 25.4 Å². The summed E-state index contributed by atoms with van der Waals surface area (Å²) in [6, 6.07) is 0. The molecule has 0 radical (unpaired) electrons. The number of allylic oxidation sites excluding steroid dienone is 34. The second-order valence-corrected chi connectivity index (χ2v) is 30.4. The van der Waals surface area contributed by atoms with Gasteiger partial charge in [0.2, 0.25) is 0 Å². The molecule has 5 atom stereocenters. The van der Waals surface area contributed by atoms with E-state index in [1.165, 1.54) is 83.5 Å². The number of phosphoric acid groups is 2. The maximum Gasteiger partial charge on any atom is 0.472 e. The maximum atomic E-state index is 13.0. The van der Waals surface area contributed by atoms with Crippen LogP contribution in [0.3, 0.4) is 0 Å². The monoisotopic (exact) mass is 1590 g/mol. The summed E-state index contributed by atoms with van der Waals surface area (Å²) in [6.07, 6.45) is 112. The predicted molar refractivity (Wildman–Crippen MR) is 463 cm³/mol. The highest BCUT2D eigenvalue weighted by molar-refractivity contribution is 7.47. The van der Waals surface area contributed by atoms with Crippen molar-refractivity contribution >= 4 is 33.6 Å². The summed E-state index contributed by atoms with van der Waals surface area (Å²) in [5.74, 6) is -1.71. The molecule has 0 aromatic carbocycles. The SMILES string of the molecule is CC/C=C\C/C=C\C/C=C\C/C=C\C/C=C\C/C=C\CCCCCCCCCCCCCCCCCCC(=O)OCC(O)COP(=O)(O)OCC(O)COP(=O)(O)OCC(COC(=O)CCCCCCC/C=C\C/C=C\C/C=C\C/C=C\C/C=C\CC)OC(=O)CC/C=C\C/C=C\C/C=C\C/C=C\C/C=C\C/C=C\CC. The molecule has 0 aliphatic carbocycles. The standard InChI is InChI=1S/C93H150O16P2/c1-4-7-10-13-16-19-22-25-28-31-34-36-37-38-39-40-41-42-43-44-45-46-47-48-49-51-54-55-58-61-64-67-70-73-76-79-91(96)103-82-88(94)83-105-110(99,100)106-84-89(95)85-107-111(101,102)108-87-90(109-93(98)81-78-75-72-69-66-63-60-57-52-33-30-27-24-21-18-15-12-9-6-3)86-104-92(97)80-77-74-71-68-65-62-59-56-53-50-35-32-29-26-23-20-17-14-11-8-5-2/h7-12,16-21,25-30,34-36,38-39,41-42,50,52,56-57,59,63,66,72,75,88-90,94-95H,4-6,13-15,22-24,31-33,37,40,43-49,51,53-55,58,60-62,64-65,67-71,73-74,76-87H2,1-3H3,(H,99,100)(H,101,102)/b10-7-,11-8-,12-9-,19-16-,20-17-,21-18-,28-25-,29-26-,30-27-,36-34-,39-38-,42-41-,50-35-,57-52-,59-56-,66-63-,75-72-. The first kappa shape index (κ1) is 105. The van der Waals surface area contributed by atoms with Crippen LogP contribution in [0.4, 0.5) is 0 Å². The number of unbranched alkanes of at least 4 members (excludes halogenated alkanes) is 21.